The maximum absolute atomic E-state index is 12.7. The molecular formula is C13H17F3N2O2. The van der Waals surface area contributed by atoms with Gasteiger partial charge in [0.1, 0.15) is 0 Å². The molecule has 7 heteroatoms. The minimum absolute atomic E-state index is 0.0884. The Kier molecular flexibility index (Phi) is 6.30. The third-order valence-electron chi connectivity index (χ3n) is 2.60. The molecule has 2 amide bonds. The Labute approximate surface area is 115 Å². The maximum Gasteiger partial charge on any atom is 0.418 e. The third-order valence-corrected chi connectivity index (χ3v) is 2.60. The highest BCUT2D eigenvalue weighted by atomic mass is 19.4. The van der Waals surface area contributed by atoms with Gasteiger partial charge < -0.3 is 15.7 Å². The molecule has 20 heavy (non-hydrogen) atoms. The summed E-state index contributed by atoms with van der Waals surface area (Å²) in [6, 6.07) is 4.13. The van der Waals surface area contributed by atoms with Gasteiger partial charge in [0.15, 0.2) is 0 Å². The van der Waals surface area contributed by atoms with Crippen LogP contribution in [0.25, 0.3) is 0 Å². The Morgan fingerprint density at radius 2 is 1.85 bits per heavy atom. The van der Waals surface area contributed by atoms with E-state index in [0.717, 1.165) is 12.5 Å². The van der Waals surface area contributed by atoms with Crippen LogP contribution >= 0.6 is 0 Å². The van der Waals surface area contributed by atoms with E-state index in [1.165, 1.54) is 18.2 Å². The molecule has 0 radical (unpaired) electrons. The van der Waals surface area contributed by atoms with Gasteiger partial charge in [0.25, 0.3) is 0 Å². The number of urea groups is 1. The highest BCUT2D eigenvalue weighted by Crippen LogP contribution is 2.34. The van der Waals surface area contributed by atoms with Gasteiger partial charge in [-0.25, -0.2) is 4.79 Å². The molecule has 3 N–H and O–H groups in total. The molecule has 1 aromatic carbocycles. The van der Waals surface area contributed by atoms with E-state index in [0.29, 0.717) is 19.4 Å². The fourth-order valence-electron chi connectivity index (χ4n) is 1.62. The fourth-order valence-corrected chi connectivity index (χ4v) is 1.62. The number of para-hydroxylation sites is 1. The highest BCUT2D eigenvalue weighted by molar-refractivity contribution is 5.90. The second-order valence-electron chi connectivity index (χ2n) is 4.21. The van der Waals surface area contributed by atoms with E-state index in [9.17, 15) is 18.0 Å². The van der Waals surface area contributed by atoms with Crippen LogP contribution in [0.3, 0.4) is 0 Å². The van der Waals surface area contributed by atoms with Crippen LogP contribution in [0.4, 0.5) is 23.7 Å². The summed E-state index contributed by atoms with van der Waals surface area (Å²) in [5, 5.41) is 13.2. The van der Waals surface area contributed by atoms with E-state index in [2.05, 4.69) is 10.6 Å². The van der Waals surface area contributed by atoms with Crippen molar-refractivity contribution in [2.24, 2.45) is 0 Å². The summed E-state index contributed by atoms with van der Waals surface area (Å²) in [5.74, 6) is 0. The van der Waals surface area contributed by atoms with Crippen molar-refractivity contribution in [1.29, 1.82) is 0 Å². The van der Waals surface area contributed by atoms with E-state index in [-0.39, 0.29) is 12.3 Å². The quantitative estimate of drug-likeness (QED) is 0.705. The molecule has 0 aliphatic heterocycles. The number of halogens is 3. The van der Waals surface area contributed by atoms with Gasteiger partial charge in [0.05, 0.1) is 11.3 Å². The normalized spacial score (nSPS) is 11.2. The largest absolute Gasteiger partial charge is 0.418 e. The number of carbonyl (C=O) groups is 1. The molecule has 0 atom stereocenters. The van der Waals surface area contributed by atoms with Gasteiger partial charge in [-0.15, -0.1) is 0 Å². The lowest BCUT2D eigenvalue weighted by atomic mass is 10.1. The Morgan fingerprint density at radius 1 is 1.15 bits per heavy atom. The Hall–Kier alpha value is -1.76. The van der Waals surface area contributed by atoms with Crippen molar-refractivity contribution in [2.45, 2.75) is 25.4 Å². The van der Waals surface area contributed by atoms with Crippen molar-refractivity contribution < 1.29 is 23.1 Å². The van der Waals surface area contributed by atoms with E-state index in [1.54, 1.807) is 0 Å². The summed E-state index contributed by atoms with van der Waals surface area (Å²) in [5.41, 5.74) is -1.15. The number of unbranched alkanes of at least 4 members (excludes halogenated alkanes) is 2. The second-order valence-corrected chi connectivity index (χ2v) is 4.21. The molecular weight excluding hydrogens is 273 g/mol. The number of nitrogens with one attached hydrogen (secondary N) is 2. The molecule has 4 nitrogen and oxygen atoms in total. The van der Waals surface area contributed by atoms with Crippen molar-refractivity contribution >= 4 is 11.7 Å². The molecule has 0 spiro atoms. The van der Waals surface area contributed by atoms with Crippen molar-refractivity contribution in [1.82, 2.24) is 5.32 Å². The molecule has 0 saturated carbocycles. The first kappa shape index (κ1) is 16.3. The van der Waals surface area contributed by atoms with Crippen molar-refractivity contribution in [3.8, 4) is 0 Å². The zero-order valence-corrected chi connectivity index (χ0v) is 10.8. The summed E-state index contributed by atoms with van der Waals surface area (Å²) in [4.78, 5) is 11.5. The molecule has 0 unspecified atom stereocenters. The average Bonchev–Trinajstić information content (AvgIpc) is 2.38. The predicted molar refractivity (Wildman–Crippen MR) is 69.4 cm³/mol. The van der Waals surface area contributed by atoms with Crippen molar-refractivity contribution in [3.63, 3.8) is 0 Å². The van der Waals surface area contributed by atoms with Crippen molar-refractivity contribution in [3.05, 3.63) is 29.8 Å². The van der Waals surface area contributed by atoms with Gasteiger partial charge in [0, 0.05) is 13.2 Å². The number of aliphatic hydroxyl groups is 1. The van der Waals surface area contributed by atoms with Gasteiger partial charge in [-0.2, -0.15) is 13.2 Å². The number of hydrogen-bond donors (Lipinski definition) is 3. The number of hydrogen-bond acceptors (Lipinski definition) is 2. The summed E-state index contributed by atoms with van der Waals surface area (Å²) < 4.78 is 38.1. The molecule has 0 saturated heterocycles. The summed E-state index contributed by atoms with van der Waals surface area (Å²) in [6.45, 7) is 0.436. The number of aliphatic hydroxyl groups excluding tert-OH is 1. The molecule has 0 heterocycles. The number of amides is 2. The molecule has 0 fully saturated rings. The van der Waals surface area contributed by atoms with E-state index >= 15 is 0 Å². The van der Waals surface area contributed by atoms with Gasteiger partial charge in [-0.05, 0) is 31.4 Å². The number of alkyl halides is 3. The summed E-state index contributed by atoms with van der Waals surface area (Å²) in [6.07, 6.45) is -2.46. The van der Waals surface area contributed by atoms with Gasteiger partial charge in [0.2, 0.25) is 0 Å². The third kappa shape index (κ3) is 5.48. The SMILES string of the molecule is O=C(NCCCCCO)Nc1ccccc1C(F)(F)F. The lowest BCUT2D eigenvalue weighted by Gasteiger charge is -2.13. The first-order valence-corrected chi connectivity index (χ1v) is 6.27. The van der Waals surface area contributed by atoms with E-state index in [1.807, 2.05) is 0 Å². The van der Waals surface area contributed by atoms with Crippen LogP contribution in [-0.2, 0) is 6.18 Å². The monoisotopic (exact) mass is 290 g/mol. The molecule has 0 aliphatic rings. The Morgan fingerprint density at radius 3 is 2.50 bits per heavy atom. The summed E-state index contributed by atoms with van der Waals surface area (Å²) >= 11 is 0. The lowest BCUT2D eigenvalue weighted by Crippen LogP contribution is -2.30. The van der Waals surface area contributed by atoms with Crippen LogP contribution in [0.5, 0.6) is 0 Å². The Balaban J connectivity index is 2.50. The molecule has 0 aromatic heterocycles. The zero-order valence-electron chi connectivity index (χ0n) is 10.8. The minimum Gasteiger partial charge on any atom is -0.396 e. The first-order chi connectivity index (χ1) is 9.45. The topological polar surface area (TPSA) is 61.4 Å². The molecule has 0 bridgehead atoms. The van der Waals surface area contributed by atoms with Crippen LogP contribution < -0.4 is 10.6 Å². The second kappa shape index (κ2) is 7.74. The highest BCUT2D eigenvalue weighted by Gasteiger charge is 2.33. The zero-order chi connectivity index (χ0) is 15.0. The van der Waals surface area contributed by atoms with Crippen LogP contribution in [0.15, 0.2) is 24.3 Å². The molecule has 1 rings (SSSR count). The maximum atomic E-state index is 12.7. The molecule has 1 aromatic rings. The molecule has 0 aliphatic carbocycles. The van der Waals surface area contributed by atoms with Crippen molar-refractivity contribution in [2.75, 3.05) is 18.5 Å². The van der Waals surface area contributed by atoms with E-state index in [4.69, 9.17) is 5.11 Å². The number of carbonyl (C=O) groups excluding carboxylic acids is 1. The van der Waals surface area contributed by atoms with Gasteiger partial charge in [-0.1, -0.05) is 12.1 Å². The fraction of sp³-hybridized carbons (Fsp3) is 0.462. The predicted octanol–water partition coefficient (Wildman–Crippen LogP) is 2.99. The number of anilines is 1. The number of benzene rings is 1. The smallest absolute Gasteiger partial charge is 0.396 e. The lowest BCUT2D eigenvalue weighted by molar-refractivity contribution is -0.136. The molecule has 112 valence electrons. The first-order valence-electron chi connectivity index (χ1n) is 6.27. The van der Waals surface area contributed by atoms with Gasteiger partial charge in [-0.3, -0.25) is 0 Å². The standard InChI is InChI=1S/C13H17F3N2O2/c14-13(15,16)10-6-2-3-7-11(10)18-12(20)17-8-4-1-5-9-19/h2-3,6-7,19H,1,4-5,8-9H2,(H2,17,18,20). The average molecular weight is 290 g/mol. The van der Waals surface area contributed by atoms with Gasteiger partial charge >= 0.3 is 12.2 Å². The van der Waals surface area contributed by atoms with E-state index < -0.39 is 17.8 Å². The van der Waals surface area contributed by atoms with Crippen LogP contribution in [0.2, 0.25) is 0 Å². The number of rotatable bonds is 6. The minimum atomic E-state index is -4.51. The Bertz CT molecular complexity index is 436. The van der Waals surface area contributed by atoms with Crippen LogP contribution in [0.1, 0.15) is 24.8 Å². The van der Waals surface area contributed by atoms with Crippen LogP contribution in [-0.4, -0.2) is 24.3 Å². The van der Waals surface area contributed by atoms with Crippen LogP contribution in [0, 0.1) is 0 Å². The summed E-state index contributed by atoms with van der Waals surface area (Å²) in [7, 11) is 0.